The molecule has 1 aliphatic carbocycles. The van der Waals surface area contributed by atoms with Gasteiger partial charge in [0.1, 0.15) is 0 Å². The number of aliphatic hydroxyl groups is 1. The average Bonchev–Trinajstić information content (AvgIpc) is 2.68. The van der Waals surface area contributed by atoms with Gasteiger partial charge in [-0.3, -0.25) is 4.57 Å². The highest BCUT2D eigenvalue weighted by Gasteiger charge is 2.19. The van der Waals surface area contributed by atoms with Gasteiger partial charge >= 0.3 is 5.76 Å². The maximum Gasteiger partial charge on any atom is 0.419 e. The zero-order valence-electron chi connectivity index (χ0n) is 11.1. The Hall–Kier alpha value is -1.55. The predicted molar refractivity (Wildman–Crippen MR) is 73.1 cm³/mol. The minimum atomic E-state index is -0.312. The quantitative estimate of drug-likeness (QED) is 0.902. The first kappa shape index (κ1) is 12.5. The Balaban J connectivity index is 1.80. The van der Waals surface area contributed by atoms with Crippen LogP contribution in [0.15, 0.2) is 27.4 Å². The lowest BCUT2D eigenvalue weighted by Crippen LogP contribution is -2.19. The Morgan fingerprint density at radius 3 is 2.79 bits per heavy atom. The van der Waals surface area contributed by atoms with Crippen LogP contribution in [0.2, 0.25) is 0 Å². The van der Waals surface area contributed by atoms with Crippen LogP contribution in [0.25, 0.3) is 11.1 Å². The van der Waals surface area contributed by atoms with Crippen LogP contribution in [0.3, 0.4) is 0 Å². The molecule has 0 atom stereocenters. The Morgan fingerprint density at radius 1 is 1.32 bits per heavy atom. The van der Waals surface area contributed by atoms with Crippen molar-refractivity contribution < 1.29 is 9.52 Å². The molecule has 1 aromatic carbocycles. The predicted octanol–water partition coefficient (Wildman–Crippen LogP) is 2.23. The molecule has 19 heavy (non-hydrogen) atoms. The molecular formula is C15H19NO3. The van der Waals surface area contributed by atoms with E-state index in [1.807, 2.05) is 12.1 Å². The number of hydrogen-bond acceptors (Lipinski definition) is 3. The third-order valence-electron chi connectivity index (χ3n) is 4.20. The van der Waals surface area contributed by atoms with Crippen LogP contribution in [-0.2, 0) is 13.5 Å². The molecule has 0 aliphatic heterocycles. The summed E-state index contributed by atoms with van der Waals surface area (Å²) in [7, 11) is 1.72. The van der Waals surface area contributed by atoms with Crippen molar-refractivity contribution in [3.05, 3.63) is 34.3 Å². The largest absolute Gasteiger partial charge is 0.419 e. The monoisotopic (exact) mass is 261 g/mol. The lowest BCUT2D eigenvalue weighted by atomic mass is 9.83. The van der Waals surface area contributed by atoms with Crippen molar-refractivity contribution in [3.8, 4) is 0 Å². The molecule has 102 valence electrons. The van der Waals surface area contributed by atoms with E-state index >= 15 is 0 Å². The zero-order valence-corrected chi connectivity index (χ0v) is 11.1. The molecule has 0 bridgehead atoms. The van der Waals surface area contributed by atoms with Gasteiger partial charge in [0.15, 0.2) is 5.58 Å². The van der Waals surface area contributed by atoms with Gasteiger partial charge < -0.3 is 9.52 Å². The summed E-state index contributed by atoms with van der Waals surface area (Å²) in [4.78, 5) is 11.4. The Bertz CT molecular complexity index is 632. The second-order valence-electron chi connectivity index (χ2n) is 5.61. The summed E-state index contributed by atoms with van der Waals surface area (Å²) in [5.74, 6) is 0.323. The zero-order chi connectivity index (χ0) is 13.4. The molecule has 1 saturated carbocycles. The summed E-state index contributed by atoms with van der Waals surface area (Å²) in [6, 6.07) is 6.00. The van der Waals surface area contributed by atoms with Crippen molar-refractivity contribution in [2.45, 2.75) is 38.2 Å². The minimum absolute atomic E-state index is 0.106. The van der Waals surface area contributed by atoms with Crippen molar-refractivity contribution in [3.63, 3.8) is 0 Å². The maximum absolute atomic E-state index is 11.4. The second kappa shape index (κ2) is 4.85. The molecule has 0 spiro atoms. The van der Waals surface area contributed by atoms with Crippen molar-refractivity contribution >= 4 is 11.1 Å². The van der Waals surface area contributed by atoms with Gasteiger partial charge in [-0.2, -0.15) is 0 Å². The fourth-order valence-corrected chi connectivity index (χ4v) is 2.99. The van der Waals surface area contributed by atoms with Gasteiger partial charge in [-0.1, -0.05) is 6.07 Å². The van der Waals surface area contributed by atoms with Crippen LogP contribution in [-0.4, -0.2) is 15.8 Å². The summed E-state index contributed by atoms with van der Waals surface area (Å²) in [6.45, 7) is 0. The summed E-state index contributed by atoms with van der Waals surface area (Å²) < 4.78 is 6.74. The molecule has 4 heteroatoms. The highest BCUT2D eigenvalue weighted by atomic mass is 16.4. The van der Waals surface area contributed by atoms with Crippen molar-refractivity contribution in [1.29, 1.82) is 0 Å². The van der Waals surface area contributed by atoms with E-state index in [9.17, 15) is 9.90 Å². The third kappa shape index (κ3) is 2.45. The standard InChI is InChI=1S/C15H19NO3/c1-16-13-7-4-11(9-14(13)19-15(16)18)8-10-2-5-12(17)6-3-10/h4,7,9-10,12,17H,2-3,5-6,8H2,1H3. The number of rotatable bonds is 2. The van der Waals surface area contributed by atoms with Crippen LogP contribution < -0.4 is 5.76 Å². The van der Waals surface area contributed by atoms with E-state index in [2.05, 4.69) is 6.07 Å². The van der Waals surface area contributed by atoms with Gasteiger partial charge in [-0.05, 0) is 55.7 Å². The highest BCUT2D eigenvalue weighted by molar-refractivity contribution is 5.73. The van der Waals surface area contributed by atoms with E-state index in [-0.39, 0.29) is 11.9 Å². The Kier molecular flexibility index (Phi) is 3.19. The fraction of sp³-hybridized carbons (Fsp3) is 0.533. The number of aryl methyl sites for hydroxylation is 1. The number of aliphatic hydroxyl groups excluding tert-OH is 1. The van der Waals surface area contributed by atoms with Gasteiger partial charge in [0.25, 0.3) is 0 Å². The summed E-state index contributed by atoms with van der Waals surface area (Å²) in [5.41, 5.74) is 2.72. The molecule has 0 radical (unpaired) electrons. The van der Waals surface area contributed by atoms with Gasteiger partial charge in [0.2, 0.25) is 0 Å². The SMILES string of the molecule is Cn1c(=O)oc2cc(CC3CCC(O)CC3)ccc21. The van der Waals surface area contributed by atoms with Crippen LogP contribution >= 0.6 is 0 Å². The van der Waals surface area contributed by atoms with E-state index < -0.39 is 0 Å². The molecular weight excluding hydrogens is 242 g/mol. The molecule has 0 unspecified atom stereocenters. The van der Waals surface area contributed by atoms with Crippen molar-refractivity contribution in [2.24, 2.45) is 13.0 Å². The lowest BCUT2D eigenvalue weighted by Gasteiger charge is -2.25. The van der Waals surface area contributed by atoms with E-state index in [0.717, 1.165) is 37.6 Å². The minimum Gasteiger partial charge on any atom is -0.408 e. The normalized spacial score (nSPS) is 23.9. The molecule has 1 N–H and O–H groups in total. The summed E-state index contributed by atoms with van der Waals surface area (Å²) in [5, 5.41) is 9.52. The van der Waals surface area contributed by atoms with Crippen LogP contribution in [0.5, 0.6) is 0 Å². The van der Waals surface area contributed by atoms with E-state index in [0.29, 0.717) is 11.5 Å². The molecule has 0 amide bonds. The molecule has 0 saturated heterocycles. The average molecular weight is 261 g/mol. The highest BCUT2D eigenvalue weighted by Crippen LogP contribution is 2.28. The van der Waals surface area contributed by atoms with Crippen LogP contribution in [0.1, 0.15) is 31.2 Å². The summed E-state index contributed by atoms with van der Waals surface area (Å²) >= 11 is 0. The first-order valence-corrected chi connectivity index (χ1v) is 6.90. The van der Waals surface area contributed by atoms with E-state index in [1.54, 1.807) is 7.05 Å². The molecule has 1 fully saturated rings. The number of hydrogen-bond donors (Lipinski definition) is 1. The summed E-state index contributed by atoms with van der Waals surface area (Å²) in [6.07, 6.45) is 4.88. The molecule has 1 aliphatic rings. The smallest absolute Gasteiger partial charge is 0.408 e. The second-order valence-corrected chi connectivity index (χ2v) is 5.61. The van der Waals surface area contributed by atoms with Gasteiger partial charge in [0, 0.05) is 7.05 Å². The maximum atomic E-state index is 11.4. The molecule has 1 aromatic heterocycles. The number of benzene rings is 1. The molecule has 2 aromatic rings. The first-order chi connectivity index (χ1) is 9.13. The van der Waals surface area contributed by atoms with E-state index in [1.165, 1.54) is 10.1 Å². The van der Waals surface area contributed by atoms with Crippen molar-refractivity contribution in [2.75, 3.05) is 0 Å². The first-order valence-electron chi connectivity index (χ1n) is 6.90. The number of aromatic nitrogens is 1. The van der Waals surface area contributed by atoms with Crippen molar-refractivity contribution in [1.82, 2.24) is 4.57 Å². The van der Waals surface area contributed by atoms with Crippen LogP contribution in [0.4, 0.5) is 0 Å². The number of nitrogens with zero attached hydrogens (tertiary/aromatic N) is 1. The lowest BCUT2D eigenvalue weighted by molar-refractivity contribution is 0.109. The Morgan fingerprint density at radius 2 is 2.05 bits per heavy atom. The number of fused-ring (bicyclic) bond motifs is 1. The topological polar surface area (TPSA) is 55.4 Å². The van der Waals surface area contributed by atoms with Gasteiger partial charge in [-0.15, -0.1) is 0 Å². The van der Waals surface area contributed by atoms with Crippen LogP contribution in [0, 0.1) is 5.92 Å². The van der Waals surface area contributed by atoms with Gasteiger partial charge in [0.05, 0.1) is 11.6 Å². The van der Waals surface area contributed by atoms with Gasteiger partial charge in [-0.25, -0.2) is 4.79 Å². The third-order valence-corrected chi connectivity index (χ3v) is 4.20. The molecule has 3 rings (SSSR count). The molecule has 1 heterocycles. The molecule has 4 nitrogen and oxygen atoms in total. The Labute approximate surface area is 111 Å². The number of oxazole rings is 1. The van der Waals surface area contributed by atoms with E-state index in [4.69, 9.17) is 4.42 Å². The fourth-order valence-electron chi connectivity index (χ4n) is 2.99.